The fraction of sp³-hybridized carbons (Fsp3) is 0. The van der Waals surface area contributed by atoms with Crippen molar-refractivity contribution in [3.8, 4) is 90.4 Å². The van der Waals surface area contributed by atoms with Crippen molar-refractivity contribution < 1.29 is 0 Å². The summed E-state index contributed by atoms with van der Waals surface area (Å²) < 4.78 is 7.24. The van der Waals surface area contributed by atoms with Crippen molar-refractivity contribution in [1.82, 2.24) is 23.7 Å². The topological polar surface area (TPSA) is 64.4 Å². The monoisotopic (exact) mass is 1060 g/mol. The van der Waals surface area contributed by atoms with E-state index in [0.717, 1.165) is 122 Å². The van der Waals surface area contributed by atoms with E-state index in [1.807, 2.05) is 48.5 Å². The largest absolute Gasteiger partial charge is 0.309 e. The highest BCUT2D eigenvalue weighted by Crippen LogP contribution is 2.46. The number of hydrogen-bond donors (Lipinski definition) is 0. The molecule has 0 N–H and O–H groups in total. The van der Waals surface area contributed by atoms with E-state index in [2.05, 4.69) is 262 Å². The van der Waals surface area contributed by atoms with Crippen molar-refractivity contribution >= 4 is 65.4 Å². The number of fused-ring (bicyclic) bond motifs is 9. The van der Waals surface area contributed by atoms with E-state index >= 15 is 0 Å². The average Bonchev–Trinajstić information content (AvgIpc) is 4.39. The van der Waals surface area contributed by atoms with E-state index in [1.165, 1.54) is 21.5 Å². The molecule has 12 aromatic carbocycles. The fourth-order valence-electron chi connectivity index (χ4n) is 12.6. The summed E-state index contributed by atoms with van der Waals surface area (Å²) in [6.45, 7) is 0. The smallest absolute Gasteiger partial charge is 0.160 e. The van der Waals surface area contributed by atoms with Gasteiger partial charge in [0.1, 0.15) is 0 Å². The second kappa shape index (κ2) is 19.5. The van der Waals surface area contributed by atoms with Crippen LogP contribution in [0.15, 0.2) is 291 Å². The molecular formula is C77H48N6. The van der Waals surface area contributed by atoms with Crippen LogP contribution >= 0.6 is 0 Å². The molecule has 83 heavy (non-hydrogen) atoms. The van der Waals surface area contributed by atoms with E-state index in [0.29, 0.717) is 11.4 Å². The molecule has 16 aromatic rings. The van der Waals surface area contributed by atoms with Gasteiger partial charge in [0.2, 0.25) is 0 Å². The summed E-state index contributed by atoms with van der Waals surface area (Å²) in [4.78, 5) is 10.7. The number of para-hydroxylation sites is 5. The van der Waals surface area contributed by atoms with Crippen LogP contribution in [0.5, 0.6) is 0 Å². The van der Waals surface area contributed by atoms with Gasteiger partial charge < -0.3 is 13.7 Å². The first-order chi connectivity index (χ1) is 41.1. The summed E-state index contributed by atoms with van der Waals surface area (Å²) in [6, 6.07) is 106. The zero-order chi connectivity index (χ0) is 55.0. The average molecular weight is 1060 g/mol. The molecule has 0 aliphatic heterocycles. The molecule has 0 saturated heterocycles. The fourth-order valence-corrected chi connectivity index (χ4v) is 12.6. The molecule has 0 bridgehead atoms. The molecule has 4 heterocycles. The van der Waals surface area contributed by atoms with Crippen LogP contribution in [-0.2, 0) is 0 Å². The van der Waals surface area contributed by atoms with Crippen LogP contribution in [-0.4, -0.2) is 23.7 Å². The van der Waals surface area contributed by atoms with E-state index in [-0.39, 0.29) is 0 Å². The van der Waals surface area contributed by atoms with Gasteiger partial charge in [0.05, 0.1) is 61.8 Å². The Hall–Kier alpha value is -11.4. The van der Waals surface area contributed by atoms with Crippen LogP contribution in [0.4, 0.5) is 0 Å². The Morgan fingerprint density at radius 2 is 0.639 bits per heavy atom. The Labute approximate surface area is 478 Å². The van der Waals surface area contributed by atoms with E-state index in [1.54, 1.807) is 0 Å². The van der Waals surface area contributed by atoms with Crippen LogP contribution in [0.1, 0.15) is 5.56 Å². The number of nitriles is 1. The molecule has 0 fully saturated rings. The van der Waals surface area contributed by atoms with Gasteiger partial charge >= 0.3 is 0 Å². The highest BCUT2D eigenvalue weighted by atomic mass is 15.0. The van der Waals surface area contributed by atoms with E-state index in [4.69, 9.17) is 9.97 Å². The lowest BCUT2D eigenvalue weighted by Crippen LogP contribution is -2.03. The molecule has 6 nitrogen and oxygen atoms in total. The molecule has 0 radical (unpaired) electrons. The van der Waals surface area contributed by atoms with Gasteiger partial charge in [0, 0.05) is 71.5 Å². The minimum atomic E-state index is 0.635. The molecule has 6 heteroatoms. The minimum Gasteiger partial charge on any atom is -0.309 e. The Bertz CT molecular complexity index is 4890. The number of benzene rings is 12. The van der Waals surface area contributed by atoms with Gasteiger partial charge in [0.25, 0.3) is 0 Å². The van der Waals surface area contributed by atoms with Crippen molar-refractivity contribution in [3.63, 3.8) is 0 Å². The van der Waals surface area contributed by atoms with Gasteiger partial charge in [-0.25, -0.2) is 9.97 Å². The molecule has 0 aliphatic rings. The number of aromatic nitrogens is 5. The van der Waals surface area contributed by atoms with Crippen molar-refractivity contribution in [2.45, 2.75) is 0 Å². The van der Waals surface area contributed by atoms with Gasteiger partial charge in [-0.15, -0.1) is 0 Å². The Kier molecular flexibility index (Phi) is 11.2. The van der Waals surface area contributed by atoms with Crippen molar-refractivity contribution in [1.29, 1.82) is 5.26 Å². The quantitative estimate of drug-likeness (QED) is 0.145. The normalized spacial score (nSPS) is 11.6. The SMILES string of the molecule is N#Cc1ccc(-c2ccc3c(c2)c2ccccc2n3-c2c(-c3ccc(-n4c5ccccc5c5ccccc54)cc3)cc(-c3cc(-c4ccccc4)nc(-c4ccccc4)n3)cc2-c2ccc(-n3c4ccccc4c4ccccc43)cc2)cc1. The second-order valence-electron chi connectivity index (χ2n) is 21.2. The van der Waals surface area contributed by atoms with Crippen LogP contribution < -0.4 is 0 Å². The van der Waals surface area contributed by atoms with Crippen LogP contribution in [0.25, 0.3) is 150 Å². The Morgan fingerprint density at radius 3 is 1.11 bits per heavy atom. The van der Waals surface area contributed by atoms with Gasteiger partial charge in [-0.2, -0.15) is 5.26 Å². The third-order valence-electron chi connectivity index (χ3n) is 16.5. The van der Waals surface area contributed by atoms with Crippen LogP contribution in [0, 0.1) is 11.3 Å². The first-order valence-electron chi connectivity index (χ1n) is 28.0. The van der Waals surface area contributed by atoms with Gasteiger partial charge in [-0.05, 0) is 119 Å². The molecule has 0 unspecified atom stereocenters. The van der Waals surface area contributed by atoms with Gasteiger partial charge in [0.15, 0.2) is 5.82 Å². The number of nitrogens with zero attached hydrogens (tertiary/aromatic N) is 6. The number of hydrogen-bond acceptors (Lipinski definition) is 3. The lowest BCUT2D eigenvalue weighted by molar-refractivity contribution is 1.16. The maximum Gasteiger partial charge on any atom is 0.160 e. The lowest BCUT2D eigenvalue weighted by Gasteiger charge is -2.22. The van der Waals surface area contributed by atoms with E-state index in [9.17, 15) is 5.26 Å². The van der Waals surface area contributed by atoms with E-state index < -0.39 is 0 Å². The molecule has 0 spiro atoms. The molecule has 386 valence electrons. The minimum absolute atomic E-state index is 0.635. The first kappa shape index (κ1) is 47.6. The summed E-state index contributed by atoms with van der Waals surface area (Å²) >= 11 is 0. The van der Waals surface area contributed by atoms with Crippen LogP contribution in [0.2, 0.25) is 0 Å². The Morgan fingerprint density at radius 1 is 0.265 bits per heavy atom. The summed E-state index contributed by atoms with van der Waals surface area (Å²) in [5, 5.41) is 16.8. The molecule has 0 amide bonds. The Balaban J connectivity index is 0.990. The molecular weight excluding hydrogens is 1010 g/mol. The molecule has 4 aromatic heterocycles. The van der Waals surface area contributed by atoms with Crippen molar-refractivity contribution in [3.05, 3.63) is 297 Å². The standard InChI is InChI=1S/C77H48N6/c78-49-50-31-33-51(34-32-50)56-39-44-75-67(45-56)64-25-11-16-30-74(64)83(75)76-65(52-35-40-58(41-36-52)81-70-26-12-7-21-60(70)61-22-8-13-27-71(61)81)46-57(69-48-68(54-17-3-1-4-18-54)79-77(80-69)55-19-5-2-6-20-55)47-66(76)53-37-42-59(43-38-53)82-72-28-14-9-23-62(72)63-24-10-15-29-73(63)82/h1-48H. The predicted molar refractivity (Wildman–Crippen MR) is 342 cm³/mol. The van der Waals surface area contributed by atoms with Crippen molar-refractivity contribution in [2.75, 3.05) is 0 Å². The predicted octanol–water partition coefficient (Wildman–Crippen LogP) is 19.6. The maximum absolute atomic E-state index is 9.68. The lowest BCUT2D eigenvalue weighted by atomic mass is 9.91. The summed E-state index contributed by atoms with van der Waals surface area (Å²) in [5.74, 6) is 0.653. The van der Waals surface area contributed by atoms with Crippen LogP contribution in [0.3, 0.4) is 0 Å². The third kappa shape index (κ3) is 7.94. The number of rotatable bonds is 9. The van der Waals surface area contributed by atoms with Gasteiger partial charge in [-0.3, -0.25) is 0 Å². The molecule has 0 atom stereocenters. The zero-order valence-electron chi connectivity index (χ0n) is 44.9. The molecule has 0 saturated carbocycles. The maximum atomic E-state index is 9.68. The third-order valence-corrected chi connectivity index (χ3v) is 16.5. The second-order valence-corrected chi connectivity index (χ2v) is 21.2. The molecule has 16 rings (SSSR count). The van der Waals surface area contributed by atoms with Gasteiger partial charge in [-0.1, -0.05) is 194 Å². The molecule has 0 aliphatic carbocycles. The zero-order valence-corrected chi connectivity index (χ0v) is 44.9. The highest BCUT2D eigenvalue weighted by Gasteiger charge is 2.24. The highest BCUT2D eigenvalue weighted by molar-refractivity contribution is 6.13. The van der Waals surface area contributed by atoms with Crippen molar-refractivity contribution in [2.24, 2.45) is 0 Å². The summed E-state index contributed by atoms with van der Waals surface area (Å²) in [7, 11) is 0. The summed E-state index contributed by atoms with van der Waals surface area (Å²) in [5.41, 5.74) is 21.5. The first-order valence-corrected chi connectivity index (χ1v) is 28.0. The summed E-state index contributed by atoms with van der Waals surface area (Å²) in [6.07, 6.45) is 0.